The maximum Gasteiger partial charge on any atom is 0.267 e. The molecule has 12 N–H and O–H groups in total. The fourth-order valence-corrected chi connectivity index (χ4v) is 13.6. The Morgan fingerprint density at radius 3 is 1.26 bits per heavy atom. The van der Waals surface area contributed by atoms with Crippen molar-refractivity contribution < 1.29 is 54.0 Å². The predicted molar refractivity (Wildman–Crippen MR) is 558 cm³/mol. The van der Waals surface area contributed by atoms with Gasteiger partial charge in [-0.2, -0.15) is 77.7 Å². The number of hydrogen-bond donors (Lipinski definition) is 11. The van der Waals surface area contributed by atoms with Gasteiger partial charge in [0.25, 0.3) is 5.91 Å². The normalized spacial score (nSPS) is 11.5. The number of benzene rings is 2. The number of nitrogens with zero attached hydrogens (tertiary/aromatic N) is 18. The lowest BCUT2D eigenvalue weighted by Crippen LogP contribution is -2.22. The zero-order valence-corrected chi connectivity index (χ0v) is 85.0. The number of aromatic nitrogens is 18. The van der Waals surface area contributed by atoms with Crippen molar-refractivity contribution in [1.82, 2.24) is 90.0 Å². The van der Waals surface area contributed by atoms with Gasteiger partial charge in [0.05, 0.1) is 53.8 Å². The van der Waals surface area contributed by atoms with Crippen molar-refractivity contribution in [1.29, 1.82) is 0 Å². The van der Waals surface area contributed by atoms with Gasteiger partial charge in [-0.3, -0.25) is 14.8 Å². The summed E-state index contributed by atoms with van der Waals surface area (Å²) < 4.78 is 31.3. The van der Waals surface area contributed by atoms with Crippen LogP contribution in [0.3, 0.4) is 0 Å². The minimum atomic E-state index is -0.583. The number of nitrogens with two attached hydrogens (primary N) is 1. The first-order valence-corrected chi connectivity index (χ1v) is 45.2. The number of ether oxygens (including phenoxy) is 5. The molecular weight excluding hydrogens is 1830 g/mol. The highest BCUT2D eigenvalue weighted by Crippen LogP contribution is 2.32. The van der Waals surface area contributed by atoms with Gasteiger partial charge in [0.1, 0.15) is 79.2 Å². The van der Waals surface area contributed by atoms with E-state index in [1.807, 2.05) is 114 Å². The van der Waals surface area contributed by atoms with E-state index >= 15 is 0 Å². The number of anilines is 5. The summed E-state index contributed by atoms with van der Waals surface area (Å²) >= 11 is 0. The Labute approximate surface area is 834 Å². The number of aliphatic hydroxyl groups excluding tert-OH is 5. The Morgan fingerprint density at radius 2 is 0.809 bits per heavy atom. The number of aliphatic hydroxyl groups is 5. The number of primary amides is 1. The second-order valence-electron chi connectivity index (χ2n) is 31.2. The number of rotatable bonds is 50. The first-order valence-electron chi connectivity index (χ1n) is 45.2. The van der Waals surface area contributed by atoms with Crippen molar-refractivity contribution in [2.45, 2.75) is 255 Å². The summed E-state index contributed by atoms with van der Waals surface area (Å²) in [4.78, 5) is 67.7. The van der Waals surface area contributed by atoms with Crippen LogP contribution >= 0.6 is 67.5 Å². The minimum Gasteiger partial charge on any atom is -0.483 e. The lowest BCUT2D eigenvalue weighted by atomic mass is 10.1. The number of hydrogen-bond acceptors (Lipinski definition) is 33. The number of nitrogens with one attached hydrogen (secondary N) is 5. The highest BCUT2D eigenvalue weighted by atomic mass is 32.1. The van der Waals surface area contributed by atoms with Gasteiger partial charge in [-0.25, -0.2) is 59.5 Å². The van der Waals surface area contributed by atoms with E-state index in [0.717, 1.165) is 123 Å². The lowest BCUT2D eigenvalue weighted by Gasteiger charge is -2.21. The van der Waals surface area contributed by atoms with E-state index in [-0.39, 0.29) is 150 Å². The van der Waals surface area contributed by atoms with Crippen molar-refractivity contribution in [3.05, 3.63) is 228 Å². The summed E-state index contributed by atoms with van der Waals surface area (Å²) in [6.07, 6.45) is 32.1. The Kier molecular flexibility index (Phi) is 59.4. The predicted octanol–water partition coefficient (Wildman–Crippen LogP) is 15.5. The SMILES string of the molecule is CCCC[C@@H](CCO)Nc1nc(C)ncc1OCc1cccc(C(N)=O)n1.CCCC[C@@H](CCO)Nc1nc(C)ncc1OCc1cccnn1.CCCC[C@@H](CCO)Nc1nc(C)ncc1OCc1ccncc1.CCC[C@@H](CCO)Nc1nc(C)nc(C)c1OCc1nccc2ccccc12.CCC[C@@H](CCO)Nc1nc(C)ncc1OCc1cn(-c2ccccc2)nn1.S.S.S.S.S. The molecule has 0 radical (unpaired) electrons. The molecule has 35 nitrogen and oxygen atoms in total. The van der Waals surface area contributed by atoms with Crippen LogP contribution in [0.1, 0.15) is 224 Å². The Balaban J connectivity index is 0.000000434. The maximum absolute atomic E-state index is 11.3. The van der Waals surface area contributed by atoms with Crippen LogP contribution in [0.5, 0.6) is 28.7 Å². The molecular formula is C96H142N24O11S5. The van der Waals surface area contributed by atoms with Crippen molar-refractivity contribution in [3.63, 3.8) is 0 Å². The molecule has 2 aromatic carbocycles. The quantitative estimate of drug-likeness (QED) is 0.0169. The Bertz CT molecular complexity index is 5160. The van der Waals surface area contributed by atoms with Crippen LogP contribution in [-0.4, -0.2) is 185 Å². The van der Waals surface area contributed by atoms with Crippen molar-refractivity contribution in [3.8, 4) is 34.4 Å². The molecule has 136 heavy (non-hydrogen) atoms. The van der Waals surface area contributed by atoms with Gasteiger partial charge in [0.2, 0.25) is 0 Å². The van der Waals surface area contributed by atoms with E-state index in [0.29, 0.717) is 150 Å². The van der Waals surface area contributed by atoms with E-state index < -0.39 is 5.91 Å². The third-order valence-electron chi connectivity index (χ3n) is 20.4. The first kappa shape index (κ1) is 119. The molecule has 0 aliphatic rings. The third-order valence-corrected chi connectivity index (χ3v) is 20.4. The highest BCUT2D eigenvalue weighted by molar-refractivity contribution is 7.60. The number of fused-ring (bicyclic) bond motifs is 1. The number of para-hydroxylation sites is 1. The van der Waals surface area contributed by atoms with Crippen LogP contribution in [0, 0.1) is 41.5 Å². The minimum absolute atomic E-state index is 0. The number of pyridine rings is 3. The number of aryl methyl sites for hydroxylation is 6. The fraction of sp³-hybridized carbons (Fsp3) is 0.458. The standard InChI is InChI=1S/C22H28N4O2.C20H26N6O2.C19H27N5O3.C18H26N4O2.C17H25N5O2.5H2S/c1-4-7-18(11-13-27)26-22-21(15(2)24-16(3)25-22)28-14-20-19-9-6-5-8-17(19)10-12-23-20;1-3-7-16(10-11-27)23-20-19(12-21-15(2)22-20)28-14-17-13-26(25-24-17)18-8-5-4-6-9-18;1-3-4-6-14(9-10-25)24-19-17(11-21-13(2)22-19)27-12-15-7-5-8-16(23-15)18(20)26;1-3-4-5-16(8-11-23)22-18-17(12-20-14(2)21-18)24-13-15-6-9-19-10-7-15;1-3-4-6-14(8-10-23)21-17-16(11-18-13(2)20-17)24-12-15-7-5-9-19-22-15;;;;;/h5-6,8-10,12,18,27H,4,7,11,13-14H2,1-3H3,(H,24,25,26);4-6,8-9,12-13,16,27H,3,7,10-11,14H2,1-2H3,(H,21,22,23);5,7-8,11,14,25H,3-4,6,9-10,12H2,1-2H3,(H2,20,26)(H,21,22,24);6-7,9-10,12,16,23H,3-5,8,11,13H2,1-2H3,(H,20,21,22);5,7,9,11,14,23H,3-4,6,8,10,12H2,1-2H3,(H,18,20,21);5*1H2/t18-;16-;14-;16-;14-;;;;;/m00000...../s1. The average molecular weight is 1970 g/mol. The van der Waals surface area contributed by atoms with Gasteiger partial charge in [-0.1, -0.05) is 140 Å². The van der Waals surface area contributed by atoms with Gasteiger partial charge in [-0.15, -0.1) is 5.10 Å². The maximum atomic E-state index is 11.3. The lowest BCUT2D eigenvalue weighted by molar-refractivity contribution is 0.0995. The van der Waals surface area contributed by atoms with Crippen LogP contribution in [0.4, 0.5) is 29.1 Å². The molecule has 0 aliphatic heterocycles. The molecule has 742 valence electrons. The van der Waals surface area contributed by atoms with Crippen LogP contribution < -0.4 is 56.0 Å². The Hall–Kier alpha value is -11.2. The molecule has 12 rings (SSSR count). The topological polar surface area (TPSA) is 475 Å². The zero-order valence-electron chi connectivity index (χ0n) is 80.0. The van der Waals surface area contributed by atoms with E-state index in [1.54, 1.807) is 79.4 Å². The Morgan fingerprint density at radius 1 is 0.382 bits per heavy atom. The van der Waals surface area contributed by atoms with E-state index in [1.165, 1.54) is 0 Å². The third kappa shape index (κ3) is 42.6. The molecule has 0 fully saturated rings. The summed E-state index contributed by atoms with van der Waals surface area (Å²) in [5.41, 5.74) is 11.1. The van der Waals surface area contributed by atoms with Crippen LogP contribution in [-0.2, 0) is 33.0 Å². The average Bonchev–Trinajstić information content (AvgIpc) is 0.979. The monoisotopic (exact) mass is 1970 g/mol. The summed E-state index contributed by atoms with van der Waals surface area (Å²) in [6, 6.07) is 33.1. The molecule has 0 unspecified atom stereocenters. The first-order chi connectivity index (χ1) is 63.8. The van der Waals surface area contributed by atoms with Crippen molar-refractivity contribution >= 4 is 113 Å². The summed E-state index contributed by atoms with van der Waals surface area (Å²) in [6.45, 7) is 24.0. The number of unbranched alkanes of at least 4 members (excludes halogenated alkanes) is 3. The number of carbonyl (C=O) groups is 1. The molecule has 5 atom stereocenters. The molecule has 0 saturated carbocycles. The van der Waals surface area contributed by atoms with Crippen LogP contribution in [0.2, 0.25) is 0 Å². The highest BCUT2D eigenvalue weighted by Gasteiger charge is 2.22. The fourth-order valence-electron chi connectivity index (χ4n) is 13.6. The molecule has 10 aromatic heterocycles. The van der Waals surface area contributed by atoms with Crippen LogP contribution in [0.15, 0.2) is 159 Å². The molecule has 0 aliphatic carbocycles. The van der Waals surface area contributed by atoms with E-state index in [9.17, 15) is 30.3 Å². The van der Waals surface area contributed by atoms with E-state index in [4.69, 9.17) is 29.4 Å². The number of carbonyl (C=O) groups excluding carboxylic acids is 1. The molecule has 0 saturated heterocycles. The summed E-state index contributed by atoms with van der Waals surface area (Å²) in [5, 5.41) is 81.9. The molecule has 12 aromatic rings. The van der Waals surface area contributed by atoms with Gasteiger partial charge in [0, 0.05) is 93.4 Å². The second kappa shape index (κ2) is 67.9. The molecule has 10 heterocycles. The summed E-state index contributed by atoms with van der Waals surface area (Å²) in [7, 11) is 0. The molecule has 0 bridgehead atoms. The summed E-state index contributed by atoms with van der Waals surface area (Å²) in [5.74, 6) is 8.86. The smallest absolute Gasteiger partial charge is 0.267 e. The second-order valence-corrected chi connectivity index (χ2v) is 31.2. The molecule has 1 amide bonds. The van der Waals surface area contributed by atoms with Gasteiger partial charge in [0.15, 0.2) is 57.8 Å². The number of amides is 1. The van der Waals surface area contributed by atoms with E-state index in [2.05, 4.69) is 159 Å². The largest absolute Gasteiger partial charge is 0.483 e. The van der Waals surface area contributed by atoms with Gasteiger partial charge in [-0.05, 0) is 171 Å². The van der Waals surface area contributed by atoms with Crippen LogP contribution in [0.25, 0.3) is 16.5 Å². The molecule has 0 spiro atoms. The van der Waals surface area contributed by atoms with Crippen molar-refractivity contribution in [2.75, 3.05) is 59.6 Å². The molecule has 40 heteroatoms. The van der Waals surface area contributed by atoms with Gasteiger partial charge < -0.3 is 81.5 Å². The zero-order chi connectivity index (χ0) is 93.8. The van der Waals surface area contributed by atoms with Crippen molar-refractivity contribution in [2.24, 2.45) is 5.73 Å². The van der Waals surface area contributed by atoms with Gasteiger partial charge >= 0.3 is 0 Å².